The van der Waals surface area contributed by atoms with Crippen LogP contribution in [0.3, 0.4) is 0 Å². The number of aliphatic hydroxyl groups is 1. The van der Waals surface area contributed by atoms with Gasteiger partial charge in [0.15, 0.2) is 12.0 Å². The lowest BCUT2D eigenvalue weighted by molar-refractivity contribution is -0.126. The van der Waals surface area contributed by atoms with Gasteiger partial charge in [0.2, 0.25) is 0 Å². The molecule has 0 bridgehead atoms. The molecule has 1 atom stereocenters. The van der Waals surface area contributed by atoms with E-state index < -0.39 is 6.23 Å². The molecule has 6 nitrogen and oxygen atoms in total. The van der Waals surface area contributed by atoms with Crippen molar-refractivity contribution in [1.82, 2.24) is 10.3 Å². The van der Waals surface area contributed by atoms with E-state index in [0.717, 1.165) is 0 Å². The van der Waals surface area contributed by atoms with E-state index in [1.807, 2.05) is 0 Å². The Bertz CT molecular complexity index is 362. The molecule has 2 rings (SSSR count). The Hall–Kier alpha value is -1.56. The molecule has 6 heteroatoms. The summed E-state index contributed by atoms with van der Waals surface area (Å²) >= 11 is 0. The number of hydrazone groups is 1. The Morgan fingerprint density at radius 3 is 2.87 bits per heavy atom. The highest BCUT2D eigenvalue weighted by Crippen LogP contribution is 2.26. The van der Waals surface area contributed by atoms with Gasteiger partial charge in [0.05, 0.1) is 12.7 Å². The fourth-order valence-electron chi connectivity index (χ4n) is 1.77. The van der Waals surface area contributed by atoms with Gasteiger partial charge in [-0.2, -0.15) is 5.10 Å². The smallest absolute Gasteiger partial charge is 0.260 e. The summed E-state index contributed by atoms with van der Waals surface area (Å²) in [4.78, 5) is 13.0. The molecule has 0 aliphatic carbocycles. The Morgan fingerprint density at radius 1 is 1.67 bits per heavy atom. The van der Waals surface area contributed by atoms with Gasteiger partial charge in [-0.25, -0.2) is 0 Å². The van der Waals surface area contributed by atoms with Gasteiger partial charge in [0.25, 0.3) is 5.91 Å². The zero-order chi connectivity index (χ0) is 11.0. The van der Waals surface area contributed by atoms with Crippen molar-refractivity contribution in [1.29, 1.82) is 0 Å². The maximum Gasteiger partial charge on any atom is 0.260 e. The average Bonchev–Trinajstić information content (AvgIpc) is 2.77. The second-order valence-corrected chi connectivity index (χ2v) is 3.43. The number of rotatable bonds is 1. The van der Waals surface area contributed by atoms with Crippen LogP contribution in [0.2, 0.25) is 0 Å². The molecular formula is C9H13N3O3. The van der Waals surface area contributed by atoms with E-state index >= 15 is 0 Å². The van der Waals surface area contributed by atoms with Crippen molar-refractivity contribution in [2.24, 2.45) is 5.10 Å². The van der Waals surface area contributed by atoms with Crippen molar-refractivity contribution in [3.8, 4) is 0 Å². The Labute approximate surface area is 87.2 Å². The van der Waals surface area contributed by atoms with Crippen LogP contribution in [-0.2, 0) is 9.53 Å². The summed E-state index contributed by atoms with van der Waals surface area (Å²) in [5.74, 6) is 0.607. The molecular weight excluding hydrogens is 198 g/mol. The molecule has 2 heterocycles. The molecule has 2 N–H and O–H groups in total. The highest BCUT2D eigenvalue weighted by Gasteiger charge is 2.40. The first-order valence-electron chi connectivity index (χ1n) is 4.72. The van der Waals surface area contributed by atoms with Crippen LogP contribution in [-0.4, -0.2) is 41.6 Å². The van der Waals surface area contributed by atoms with Crippen molar-refractivity contribution in [2.45, 2.75) is 19.6 Å². The number of ether oxygens (including phenoxy) is 1. The van der Waals surface area contributed by atoms with Gasteiger partial charge >= 0.3 is 0 Å². The quantitative estimate of drug-likeness (QED) is 0.606. The zero-order valence-electron chi connectivity index (χ0n) is 8.65. The first-order valence-corrected chi connectivity index (χ1v) is 4.72. The first kappa shape index (κ1) is 9.97. The number of amidine groups is 1. The van der Waals surface area contributed by atoms with Crippen LogP contribution in [0.1, 0.15) is 13.3 Å². The molecule has 1 unspecified atom stereocenters. The van der Waals surface area contributed by atoms with Crippen LogP contribution >= 0.6 is 0 Å². The zero-order valence-corrected chi connectivity index (χ0v) is 8.65. The van der Waals surface area contributed by atoms with E-state index in [1.165, 1.54) is 12.0 Å². The second-order valence-electron chi connectivity index (χ2n) is 3.43. The maximum atomic E-state index is 11.8. The summed E-state index contributed by atoms with van der Waals surface area (Å²) in [5, 5.41) is 13.8. The third-order valence-electron chi connectivity index (χ3n) is 2.55. The van der Waals surface area contributed by atoms with Crippen LogP contribution in [0, 0.1) is 0 Å². The fraction of sp³-hybridized carbons (Fsp3) is 0.556. The Morgan fingerprint density at radius 2 is 2.40 bits per heavy atom. The third kappa shape index (κ3) is 1.37. The molecule has 15 heavy (non-hydrogen) atoms. The van der Waals surface area contributed by atoms with Gasteiger partial charge in [0.1, 0.15) is 5.84 Å². The number of hydrogen-bond acceptors (Lipinski definition) is 5. The minimum Gasteiger partial charge on any atom is -0.496 e. The van der Waals surface area contributed by atoms with E-state index in [2.05, 4.69) is 10.5 Å². The molecule has 0 saturated carbocycles. The Balaban J connectivity index is 2.28. The van der Waals surface area contributed by atoms with Crippen molar-refractivity contribution in [2.75, 3.05) is 13.7 Å². The number of carbonyl (C=O) groups excluding carboxylic acids is 1. The summed E-state index contributed by atoms with van der Waals surface area (Å²) in [7, 11) is 1.44. The van der Waals surface area contributed by atoms with E-state index in [1.54, 1.807) is 6.92 Å². The highest BCUT2D eigenvalue weighted by molar-refractivity contribution is 6.08. The summed E-state index contributed by atoms with van der Waals surface area (Å²) in [6.07, 6.45) is -0.409. The minimum atomic E-state index is -1.04. The van der Waals surface area contributed by atoms with E-state index in [4.69, 9.17) is 4.74 Å². The molecule has 0 saturated heterocycles. The molecule has 0 spiro atoms. The van der Waals surface area contributed by atoms with Gasteiger partial charge in [-0.15, -0.1) is 0 Å². The number of carbonyl (C=O) groups is 1. The van der Waals surface area contributed by atoms with Gasteiger partial charge in [0, 0.05) is 13.0 Å². The SMILES string of the molecule is COC1=C(C)C(=O)N(C2=NNCC2)C1O. The van der Waals surface area contributed by atoms with E-state index in [-0.39, 0.29) is 5.91 Å². The van der Waals surface area contributed by atoms with Crippen LogP contribution < -0.4 is 5.43 Å². The normalized spacial score (nSPS) is 25.8. The number of nitrogens with zero attached hydrogens (tertiary/aromatic N) is 2. The third-order valence-corrected chi connectivity index (χ3v) is 2.55. The number of methoxy groups -OCH3 is 1. The number of hydrogen-bond donors (Lipinski definition) is 2. The standard InChI is InChI=1S/C9H13N3O3/c1-5-7(15-2)9(14)12(8(5)13)6-3-4-10-11-6/h9-10,14H,3-4H2,1-2H3. The fourth-order valence-corrected chi connectivity index (χ4v) is 1.77. The van der Waals surface area contributed by atoms with Crippen molar-refractivity contribution in [3.05, 3.63) is 11.3 Å². The molecule has 1 amide bonds. The van der Waals surface area contributed by atoms with Crippen LogP contribution in [0.4, 0.5) is 0 Å². The topological polar surface area (TPSA) is 74.2 Å². The molecule has 0 fully saturated rings. The monoisotopic (exact) mass is 211 g/mol. The first-order chi connectivity index (χ1) is 7.16. The molecule has 0 aromatic heterocycles. The summed E-state index contributed by atoms with van der Waals surface area (Å²) in [5.41, 5.74) is 3.19. The predicted molar refractivity (Wildman–Crippen MR) is 52.6 cm³/mol. The van der Waals surface area contributed by atoms with Crippen molar-refractivity contribution >= 4 is 11.7 Å². The Kier molecular flexibility index (Phi) is 2.36. The second kappa shape index (κ2) is 3.54. The highest BCUT2D eigenvalue weighted by atomic mass is 16.5. The van der Waals surface area contributed by atoms with Gasteiger partial charge in [-0.3, -0.25) is 9.69 Å². The van der Waals surface area contributed by atoms with Gasteiger partial charge < -0.3 is 15.3 Å². The van der Waals surface area contributed by atoms with Crippen molar-refractivity contribution in [3.63, 3.8) is 0 Å². The van der Waals surface area contributed by atoms with Crippen LogP contribution in [0.25, 0.3) is 0 Å². The summed E-state index contributed by atoms with van der Waals surface area (Å²) in [6.45, 7) is 2.32. The van der Waals surface area contributed by atoms with Crippen molar-refractivity contribution < 1.29 is 14.6 Å². The summed E-state index contributed by atoms with van der Waals surface area (Å²) < 4.78 is 4.99. The lowest BCUT2D eigenvalue weighted by atomic mass is 10.3. The van der Waals surface area contributed by atoms with E-state index in [9.17, 15) is 9.90 Å². The van der Waals surface area contributed by atoms with E-state index in [0.29, 0.717) is 30.1 Å². The number of aliphatic hydroxyl groups excluding tert-OH is 1. The summed E-state index contributed by atoms with van der Waals surface area (Å²) in [6, 6.07) is 0. The van der Waals surface area contributed by atoms with Gasteiger partial charge in [-0.05, 0) is 6.92 Å². The minimum absolute atomic E-state index is 0.248. The van der Waals surface area contributed by atoms with Gasteiger partial charge in [-0.1, -0.05) is 0 Å². The largest absolute Gasteiger partial charge is 0.496 e. The van der Waals surface area contributed by atoms with Crippen LogP contribution in [0.5, 0.6) is 0 Å². The maximum absolute atomic E-state index is 11.8. The predicted octanol–water partition coefficient (Wildman–Crippen LogP) is -0.626. The molecule has 0 aromatic rings. The average molecular weight is 211 g/mol. The lowest BCUT2D eigenvalue weighted by Gasteiger charge is -2.20. The molecule has 0 radical (unpaired) electrons. The van der Waals surface area contributed by atoms with Crippen LogP contribution in [0.15, 0.2) is 16.4 Å². The molecule has 2 aliphatic rings. The molecule has 82 valence electrons. The lowest BCUT2D eigenvalue weighted by Crippen LogP contribution is -2.40. The molecule has 2 aliphatic heterocycles. The number of amides is 1. The number of nitrogens with one attached hydrogen (secondary N) is 1. The molecule has 0 aromatic carbocycles.